The van der Waals surface area contributed by atoms with Gasteiger partial charge in [-0.3, -0.25) is 4.79 Å². The summed E-state index contributed by atoms with van der Waals surface area (Å²) in [6, 6.07) is 14.9. The fraction of sp³-hybridized carbons (Fsp3) is 0.100. The quantitative estimate of drug-likeness (QED) is 0.543. The van der Waals surface area contributed by atoms with Crippen LogP contribution >= 0.6 is 11.6 Å². The summed E-state index contributed by atoms with van der Waals surface area (Å²) in [6.45, 7) is 0.0189. The molecule has 1 N–H and O–H groups in total. The van der Waals surface area contributed by atoms with Gasteiger partial charge >= 0.3 is 0 Å². The number of fused-ring (bicyclic) bond motifs is 1. The van der Waals surface area contributed by atoms with E-state index >= 15 is 0 Å². The molecule has 7 nitrogen and oxygen atoms in total. The van der Waals surface area contributed by atoms with Crippen LogP contribution in [0.1, 0.15) is 16.2 Å². The number of nitrogens with one attached hydrogen (secondary N) is 1. The average Bonchev–Trinajstić information content (AvgIpc) is 3.16. The van der Waals surface area contributed by atoms with Gasteiger partial charge in [-0.2, -0.15) is 9.61 Å². The standard InChI is InChI=1S/C20H15ClFN5O2/c1-29-14-5-2-12(3-6-14)17-8-9-18-24-25-19(27(18)26-17)11-23-20(28)15-10-13(21)4-7-16(15)22/h2-10H,11H2,1H3,(H,23,28). The molecule has 2 aromatic heterocycles. The molecule has 0 atom stereocenters. The zero-order chi connectivity index (χ0) is 20.4. The number of carbonyl (C=O) groups excluding carboxylic acids is 1. The van der Waals surface area contributed by atoms with E-state index in [1.54, 1.807) is 13.2 Å². The molecule has 0 aliphatic carbocycles. The van der Waals surface area contributed by atoms with E-state index in [1.807, 2.05) is 30.3 Å². The first kappa shape index (κ1) is 18.8. The highest BCUT2D eigenvalue weighted by Gasteiger charge is 2.14. The van der Waals surface area contributed by atoms with Crippen molar-refractivity contribution >= 4 is 23.2 Å². The minimum absolute atomic E-state index is 0.0189. The van der Waals surface area contributed by atoms with Crippen molar-refractivity contribution in [2.75, 3.05) is 7.11 Å². The van der Waals surface area contributed by atoms with Crippen LogP contribution in [0.4, 0.5) is 4.39 Å². The Morgan fingerprint density at radius 1 is 1.14 bits per heavy atom. The molecule has 0 aliphatic heterocycles. The number of benzene rings is 2. The summed E-state index contributed by atoms with van der Waals surface area (Å²) in [7, 11) is 1.60. The molecule has 4 aromatic rings. The first-order valence-electron chi connectivity index (χ1n) is 8.64. The smallest absolute Gasteiger partial charge is 0.254 e. The van der Waals surface area contributed by atoms with E-state index in [0.29, 0.717) is 17.2 Å². The molecule has 0 aliphatic rings. The van der Waals surface area contributed by atoms with Gasteiger partial charge in [-0.05, 0) is 54.6 Å². The Hall–Kier alpha value is -3.52. The van der Waals surface area contributed by atoms with Gasteiger partial charge in [0, 0.05) is 10.6 Å². The normalized spacial score (nSPS) is 10.9. The van der Waals surface area contributed by atoms with Crippen molar-refractivity contribution in [1.29, 1.82) is 0 Å². The van der Waals surface area contributed by atoms with E-state index in [1.165, 1.54) is 16.6 Å². The topological polar surface area (TPSA) is 81.4 Å². The summed E-state index contributed by atoms with van der Waals surface area (Å²) >= 11 is 5.84. The van der Waals surface area contributed by atoms with Gasteiger partial charge in [0.2, 0.25) is 0 Å². The van der Waals surface area contributed by atoms with E-state index in [0.717, 1.165) is 17.4 Å². The molecule has 2 heterocycles. The highest BCUT2D eigenvalue weighted by molar-refractivity contribution is 6.31. The lowest BCUT2D eigenvalue weighted by Gasteiger charge is -2.07. The number of hydrogen-bond acceptors (Lipinski definition) is 5. The maximum Gasteiger partial charge on any atom is 0.254 e. The molecule has 0 bridgehead atoms. The summed E-state index contributed by atoms with van der Waals surface area (Å²) in [5.74, 6) is -0.104. The summed E-state index contributed by atoms with van der Waals surface area (Å²) in [4.78, 5) is 12.3. The van der Waals surface area contributed by atoms with Gasteiger partial charge in [0.1, 0.15) is 11.6 Å². The van der Waals surface area contributed by atoms with Gasteiger partial charge in [0.05, 0.1) is 24.9 Å². The van der Waals surface area contributed by atoms with Gasteiger partial charge < -0.3 is 10.1 Å². The Bertz CT molecular complexity index is 1190. The lowest BCUT2D eigenvalue weighted by Crippen LogP contribution is -2.25. The second-order valence-electron chi connectivity index (χ2n) is 6.14. The van der Waals surface area contributed by atoms with Gasteiger partial charge in [-0.25, -0.2) is 4.39 Å². The van der Waals surface area contributed by atoms with Gasteiger partial charge in [0.15, 0.2) is 11.5 Å². The van der Waals surface area contributed by atoms with Crippen molar-refractivity contribution in [3.63, 3.8) is 0 Å². The molecule has 9 heteroatoms. The first-order valence-corrected chi connectivity index (χ1v) is 9.02. The highest BCUT2D eigenvalue weighted by Crippen LogP contribution is 2.21. The Morgan fingerprint density at radius 2 is 1.93 bits per heavy atom. The second kappa shape index (κ2) is 7.84. The zero-order valence-electron chi connectivity index (χ0n) is 15.3. The summed E-state index contributed by atoms with van der Waals surface area (Å²) < 4.78 is 20.6. The molecule has 0 fully saturated rings. The molecule has 0 unspecified atom stereocenters. The van der Waals surface area contributed by atoms with Crippen molar-refractivity contribution in [1.82, 2.24) is 25.1 Å². The third kappa shape index (κ3) is 3.88. The van der Waals surface area contributed by atoms with Crippen LogP contribution in [0, 0.1) is 5.82 Å². The Morgan fingerprint density at radius 3 is 2.69 bits per heavy atom. The zero-order valence-corrected chi connectivity index (χ0v) is 16.0. The van der Waals surface area contributed by atoms with Gasteiger partial charge in [-0.1, -0.05) is 11.6 Å². The number of rotatable bonds is 5. The lowest BCUT2D eigenvalue weighted by molar-refractivity contribution is 0.0945. The summed E-state index contributed by atoms with van der Waals surface area (Å²) in [6.07, 6.45) is 0. The monoisotopic (exact) mass is 411 g/mol. The molecule has 0 spiro atoms. The Balaban J connectivity index is 1.57. The molecule has 2 aromatic carbocycles. The predicted octanol–water partition coefficient (Wildman–Crippen LogP) is 3.52. The third-order valence-electron chi connectivity index (χ3n) is 4.29. The van der Waals surface area contributed by atoms with Crippen molar-refractivity contribution in [2.24, 2.45) is 0 Å². The van der Waals surface area contributed by atoms with E-state index in [2.05, 4.69) is 20.6 Å². The van der Waals surface area contributed by atoms with Crippen LogP contribution in [0.15, 0.2) is 54.6 Å². The van der Waals surface area contributed by atoms with Crippen molar-refractivity contribution in [2.45, 2.75) is 6.54 Å². The molecule has 1 amide bonds. The molecule has 0 radical (unpaired) electrons. The maximum absolute atomic E-state index is 13.9. The number of nitrogens with zero attached hydrogens (tertiary/aromatic N) is 4. The van der Waals surface area contributed by atoms with Crippen molar-refractivity contribution in [3.05, 3.63) is 76.8 Å². The second-order valence-corrected chi connectivity index (χ2v) is 6.58. The van der Waals surface area contributed by atoms with Gasteiger partial charge in [-0.15, -0.1) is 10.2 Å². The molecular formula is C20H15ClFN5O2. The number of amides is 1. The van der Waals surface area contributed by atoms with Crippen molar-refractivity contribution in [3.8, 4) is 17.0 Å². The number of carbonyl (C=O) groups is 1. The largest absolute Gasteiger partial charge is 0.497 e. The first-order chi connectivity index (χ1) is 14.0. The number of ether oxygens (including phenoxy) is 1. The van der Waals surface area contributed by atoms with Crippen molar-refractivity contribution < 1.29 is 13.9 Å². The molecular weight excluding hydrogens is 397 g/mol. The predicted molar refractivity (Wildman–Crippen MR) is 105 cm³/mol. The lowest BCUT2D eigenvalue weighted by atomic mass is 10.1. The molecule has 146 valence electrons. The maximum atomic E-state index is 13.9. The SMILES string of the molecule is COc1ccc(-c2ccc3nnc(CNC(=O)c4cc(Cl)ccc4F)n3n2)cc1. The van der Waals surface area contributed by atoms with Crippen LogP contribution in [0.2, 0.25) is 5.02 Å². The Labute approximate surface area is 170 Å². The molecule has 4 rings (SSSR count). The van der Waals surface area contributed by atoms with Gasteiger partial charge in [0.25, 0.3) is 5.91 Å². The van der Waals surface area contributed by atoms with E-state index in [-0.39, 0.29) is 17.1 Å². The van der Waals surface area contributed by atoms with Crippen LogP contribution in [0.25, 0.3) is 16.9 Å². The van der Waals surface area contributed by atoms with Crippen LogP contribution in [-0.4, -0.2) is 32.8 Å². The summed E-state index contributed by atoms with van der Waals surface area (Å²) in [5, 5.41) is 15.5. The van der Waals surface area contributed by atoms with Crippen LogP contribution < -0.4 is 10.1 Å². The van der Waals surface area contributed by atoms with Crippen LogP contribution in [-0.2, 0) is 6.54 Å². The minimum Gasteiger partial charge on any atom is -0.497 e. The highest BCUT2D eigenvalue weighted by atomic mass is 35.5. The van der Waals surface area contributed by atoms with Crippen LogP contribution in [0.3, 0.4) is 0 Å². The molecule has 0 saturated heterocycles. The van der Waals surface area contributed by atoms with E-state index in [4.69, 9.17) is 16.3 Å². The number of hydrogen-bond donors (Lipinski definition) is 1. The molecule has 29 heavy (non-hydrogen) atoms. The average molecular weight is 412 g/mol. The fourth-order valence-corrected chi connectivity index (χ4v) is 2.96. The van der Waals surface area contributed by atoms with E-state index in [9.17, 15) is 9.18 Å². The molecule has 0 saturated carbocycles. The fourth-order valence-electron chi connectivity index (χ4n) is 2.79. The minimum atomic E-state index is -0.655. The Kier molecular flexibility index (Phi) is 5.09. The number of methoxy groups -OCH3 is 1. The number of aromatic nitrogens is 4. The summed E-state index contributed by atoms with van der Waals surface area (Å²) in [5.41, 5.74) is 1.98. The number of halogens is 2. The third-order valence-corrected chi connectivity index (χ3v) is 4.53. The van der Waals surface area contributed by atoms with Crippen LogP contribution in [0.5, 0.6) is 5.75 Å². The van der Waals surface area contributed by atoms with E-state index < -0.39 is 11.7 Å².